The number of amides is 1. The molecule has 8 heteroatoms. The molecule has 0 bridgehead atoms. The number of rotatable bonds is 3. The Morgan fingerprint density at radius 2 is 1.96 bits per heavy atom. The molecule has 2 heterocycles. The minimum atomic E-state index is -3.51. The first kappa shape index (κ1) is 20.2. The van der Waals surface area contributed by atoms with Gasteiger partial charge in [-0.2, -0.15) is 0 Å². The van der Waals surface area contributed by atoms with Gasteiger partial charge in [-0.05, 0) is 55.5 Å². The lowest BCUT2D eigenvalue weighted by molar-refractivity contribution is -0.128. The topological polar surface area (TPSA) is 78.5 Å². The number of fused-ring (bicyclic) bond motifs is 1. The maximum Gasteiger partial charge on any atom is 0.240 e. The zero-order chi connectivity index (χ0) is 17.2. The minimum absolute atomic E-state index is 0. The van der Waals surface area contributed by atoms with Gasteiger partial charge in [0.25, 0.3) is 0 Å². The molecule has 1 atom stereocenters. The standard InChI is InChI=1S/C17H25N3O3S.ClH/c1-13(21)20-9-6-14-4-5-17(11-15(14)7-10-20)24(22,23)19-16-3-2-8-18-12-16;/h4-5,11,16,18-19H,2-3,6-10,12H2,1H3;1H. The highest BCUT2D eigenvalue weighted by Crippen LogP contribution is 2.21. The van der Waals surface area contributed by atoms with E-state index < -0.39 is 10.0 Å². The Hall–Kier alpha value is -1.15. The maximum absolute atomic E-state index is 12.6. The van der Waals surface area contributed by atoms with Gasteiger partial charge in [-0.1, -0.05) is 6.07 Å². The van der Waals surface area contributed by atoms with E-state index in [1.54, 1.807) is 19.1 Å². The smallest absolute Gasteiger partial charge is 0.240 e. The second kappa shape index (κ2) is 8.49. The second-order valence-corrected chi connectivity index (χ2v) is 8.32. The lowest BCUT2D eigenvalue weighted by Gasteiger charge is -2.23. The molecule has 6 nitrogen and oxygen atoms in total. The van der Waals surface area contributed by atoms with Crippen LogP contribution in [0, 0.1) is 0 Å². The molecule has 1 aromatic rings. The molecule has 0 spiro atoms. The van der Waals surface area contributed by atoms with Crippen LogP contribution in [-0.4, -0.2) is 51.4 Å². The van der Waals surface area contributed by atoms with E-state index in [9.17, 15) is 13.2 Å². The summed E-state index contributed by atoms with van der Waals surface area (Å²) in [6, 6.07) is 5.31. The fourth-order valence-electron chi connectivity index (χ4n) is 3.42. The van der Waals surface area contributed by atoms with E-state index >= 15 is 0 Å². The molecule has 0 radical (unpaired) electrons. The molecule has 0 aromatic heterocycles. The van der Waals surface area contributed by atoms with Crippen LogP contribution in [0.3, 0.4) is 0 Å². The summed E-state index contributed by atoms with van der Waals surface area (Å²) >= 11 is 0. The summed E-state index contributed by atoms with van der Waals surface area (Å²) < 4.78 is 28.1. The van der Waals surface area contributed by atoms with Crippen molar-refractivity contribution in [2.24, 2.45) is 0 Å². The van der Waals surface area contributed by atoms with Crippen molar-refractivity contribution >= 4 is 28.3 Å². The monoisotopic (exact) mass is 387 g/mol. The van der Waals surface area contributed by atoms with Crippen molar-refractivity contribution in [3.05, 3.63) is 29.3 Å². The Kier molecular flexibility index (Phi) is 6.85. The Bertz CT molecular complexity index is 718. The molecule has 0 saturated carbocycles. The molecule has 1 aromatic carbocycles. The maximum atomic E-state index is 12.6. The van der Waals surface area contributed by atoms with Crippen LogP contribution in [0.5, 0.6) is 0 Å². The predicted octanol–water partition coefficient (Wildman–Crippen LogP) is 1.09. The highest BCUT2D eigenvalue weighted by molar-refractivity contribution is 7.89. The Labute approximate surface area is 155 Å². The highest BCUT2D eigenvalue weighted by Gasteiger charge is 2.23. The van der Waals surface area contributed by atoms with Crippen LogP contribution in [0.4, 0.5) is 0 Å². The molecule has 1 amide bonds. The number of sulfonamides is 1. The molecule has 1 saturated heterocycles. The van der Waals surface area contributed by atoms with Crippen molar-refractivity contribution < 1.29 is 13.2 Å². The van der Waals surface area contributed by atoms with E-state index in [1.165, 1.54) is 0 Å². The normalized spacial score (nSPS) is 21.0. The van der Waals surface area contributed by atoms with Crippen LogP contribution in [-0.2, 0) is 27.7 Å². The number of piperidine rings is 1. The zero-order valence-corrected chi connectivity index (χ0v) is 16.1. The number of nitrogens with one attached hydrogen (secondary N) is 2. The van der Waals surface area contributed by atoms with Crippen molar-refractivity contribution in [3.63, 3.8) is 0 Å². The van der Waals surface area contributed by atoms with E-state index in [2.05, 4.69) is 10.0 Å². The van der Waals surface area contributed by atoms with Crippen LogP contribution in [0.25, 0.3) is 0 Å². The van der Waals surface area contributed by atoms with Crippen molar-refractivity contribution in [3.8, 4) is 0 Å². The quantitative estimate of drug-likeness (QED) is 0.813. The first-order valence-electron chi connectivity index (χ1n) is 8.56. The summed E-state index contributed by atoms with van der Waals surface area (Å²) in [5, 5.41) is 3.22. The Balaban J connectivity index is 0.00000225. The Morgan fingerprint density at radius 1 is 1.24 bits per heavy atom. The van der Waals surface area contributed by atoms with Gasteiger partial charge in [0.2, 0.25) is 15.9 Å². The third-order valence-corrected chi connectivity index (χ3v) is 6.37. The summed E-state index contributed by atoms with van der Waals surface area (Å²) in [6.45, 7) is 4.54. The van der Waals surface area contributed by atoms with Gasteiger partial charge in [-0.15, -0.1) is 12.4 Å². The third kappa shape index (κ3) is 4.94. The van der Waals surface area contributed by atoms with Crippen molar-refractivity contribution in [1.29, 1.82) is 0 Å². The number of nitrogens with zero attached hydrogens (tertiary/aromatic N) is 1. The Morgan fingerprint density at radius 3 is 2.60 bits per heavy atom. The fraction of sp³-hybridized carbons (Fsp3) is 0.588. The number of carbonyl (C=O) groups is 1. The SMILES string of the molecule is CC(=O)N1CCc2ccc(S(=O)(=O)NC3CCCNC3)cc2CC1.Cl. The number of hydrogen-bond acceptors (Lipinski definition) is 4. The first-order valence-corrected chi connectivity index (χ1v) is 10.0. The van der Waals surface area contributed by atoms with Gasteiger partial charge in [-0.25, -0.2) is 13.1 Å². The van der Waals surface area contributed by atoms with Crippen LogP contribution in [0.1, 0.15) is 30.9 Å². The predicted molar refractivity (Wildman–Crippen MR) is 99.6 cm³/mol. The summed E-state index contributed by atoms with van der Waals surface area (Å²) in [7, 11) is -3.51. The third-order valence-electron chi connectivity index (χ3n) is 4.85. The summed E-state index contributed by atoms with van der Waals surface area (Å²) in [5.41, 5.74) is 2.17. The summed E-state index contributed by atoms with van der Waals surface area (Å²) in [6.07, 6.45) is 3.32. The lowest BCUT2D eigenvalue weighted by Crippen LogP contribution is -2.45. The van der Waals surface area contributed by atoms with E-state index in [1.807, 2.05) is 11.0 Å². The largest absolute Gasteiger partial charge is 0.342 e. The molecule has 140 valence electrons. The molecule has 2 aliphatic rings. The van der Waals surface area contributed by atoms with Crippen molar-refractivity contribution in [1.82, 2.24) is 14.9 Å². The van der Waals surface area contributed by atoms with Crippen molar-refractivity contribution in [2.75, 3.05) is 26.2 Å². The molecule has 1 fully saturated rings. The minimum Gasteiger partial charge on any atom is -0.342 e. The van der Waals surface area contributed by atoms with E-state index in [4.69, 9.17) is 0 Å². The summed E-state index contributed by atoms with van der Waals surface area (Å²) in [4.78, 5) is 13.7. The summed E-state index contributed by atoms with van der Waals surface area (Å²) in [5.74, 6) is 0.0714. The lowest BCUT2D eigenvalue weighted by atomic mass is 10.0. The van der Waals surface area contributed by atoms with Gasteiger partial charge in [0.05, 0.1) is 4.90 Å². The van der Waals surface area contributed by atoms with E-state index in [0.717, 1.165) is 36.9 Å². The van der Waals surface area contributed by atoms with Gasteiger partial charge >= 0.3 is 0 Å². The molecule has 3 rings (SSSR count). The van der Waals surface area contributed by atoms with Gasteiger partial charge in [0, 0.05) is 32.6 Å². The average Bonchev–Trinajstić information content (AvgIpc) is 2.77. The fourth-order valence-corrected chi connectivity index (χ4v) is 4.74. The number of carbonyl (C=O) groups excluding carboxylic acids is 1. The van der Waals surface area contributed by atoms with Crippen molar-refractivity contribution in [2.45, 2.75) is 43.5 Å². The van der Waals surface area contributed by atoms with E-state index in [-0.39, 0.29) is 24.4 Å². The van der Waals surface area contributed by atoms with Crippen LogP contribution in [0.15, 0.2) is 23.1 Å². The van der Waals surface area contributed by atoms with Crippen LogP contribution >= 0.6 is 12.4 Å². The van der Waals surface area contributed by atoms with Crippen LogP contribution in [0.2, 0.25) is 0 Å². The number of halogens is 1. The molecular formula is C17H26ClN3O3S. The van der Waals surface area contributed by atoms with E-state index in [0.29, 0.717) is 31.0 Å². The number of benzene rings is 1. The molecular weight excluding hydrogens is 362 g/mol. The zero-order valence-electron chi connectivity index (χ0n) is 14.5. The molecule has 1 unspecified atom stereocenters. The molecule has 2 aliphatic heterocycles. The second-order valence-electron chi connectivity index (χ2n) is 6.60. The van der Waals surface area contributed by atoms with Gasteiger partial charge in [0.1, 0.15) is 0 Å². The average molecular weight is 388 g/mol. The van der Waals surface area contributed by atoms with Crippen LogP contribution < -0.4 is 10.0 Å². The molecule has 2 N–H and O–H groups in total. The van der Waals surface area contributed by atoms with Gasteiger partial charge < -0.3 is 10.2 Å². The number of hydrogen-bond donors (Lipinski definition) is 2. The van der Waals surface area contributed by atoms with Gasteiger partial charge in [-0.3, -0.25) is 4.79 Å². The first-order chi connectivity index (χ1) is 11.5. The molecule has 0 aliphatic carbocycles. The van der Waals surface area contributed by atoms with Gasteiger partial charge in [0.15, 0.2) is 0 Å². The molecule has 25 heavy (non-hydrogen) atoms. The highest BCUT2D eigenvalue weighted by atomic mass is 35.5.